The van der Waals surface area contributed by atoms with Crippen molar-refractivity contribution < 1.29 is 28.2 Å². The molecule has 7 nitrogen and oxygen atoms in total. The topological polar surface area (TPSA) is 104 Å². The number of aliphatic hydroxyl groups is 1. The number of carboxylic acids is 1. The zero-order valence-electron chi connectivity index (χ0n) is 13.9. The summed E-state index contributed by atoms with van der Waals surface area (Å²) in [7, 11) is -4.03. The molecule has 1 saturated heterocycles. The lowest BCUT2D eigenvalue weighted by molar-refractivity contribution is -0.143. The van der Waals surface area contributed by atoms with E-state index in [0.717, 1.165) is 10.7 Å². The first kappa shape index (κ1) is 19.2. The van der Waals surface area contributed by atoms with Crippen molar-refractivity contribution in [1.29, 1.82) is 0 Å². The maximum Gasteiger partial charge on any atom is 0.322 e. The third kappa shape index (κ3) is 4.72. The summed E-state index contributed by atoms with van der Waals surface area (Å²) in [4.78, 5) is 11.3. The SMILES string of the molecule is CCC#CCOc1ccc(S(=O)(=O)N2CC(O)CCC2C(=O)O)cc1. The van der Waals surface area contributed by atoms with Crippen molar-refractivity contribution in [2.75, 3.05) is 13.2 Å². The van der Waals surface area contributed by atoms with Gasteiger partial charge in [-0.2, -0.15) is 4.31 Å². The van der Waals surface area contributed by atoms with Gasteiger partial charge in [0.2, 0.25) is 10.0 Å². The second-order valence-electron chi connectivity index (χ2n) is 5.63. The third-order valence-corrected chi connectivity index (χ3v) is 5.73. The molecule has 0 spiro atoms. The first-order valence-electron chi connectivity index (χ1n) is 7.97. The Morgan fingerprint density at radius 1 is 1.28 bits per heavy atom. The van der Waals surface area contributed by atoms with Crippen LogP contribution in [0.5, 0.6) is 5.75 Å². The second kappa shape index (κ2) is 8.34. The standard InChI is InChI=1S/C17H21NO6S/c1-2-3-4-11-24-14-6-8-15(9-7-14)25(22,23)18-12-13(19)5-10-16(18)17(20)21/h6-9,13,16,19H,2,5,10-12H2,1H3,(H,20,21). The number of carboxylic acid groups (broad SMARTS) is 1. The van der Waals surface area contributed by atoms with Crippen LogP contribution in [-0.2, 0) is 14.8 Å². The Labute approximate surface area is 147 Å². The van der Waals surface area contributed by atoms with E-state index in [4.69, 9.17) is 4.74 Å². The largest absolute Gasteiger partial charge is 0.481 e. The number of hydrogen-bond donors (Lipinski definition) is 2. The Morgan fingerprint density at radius 3 is 2.56 bits per heavy atom. The molecule has 136 valence electrons. The molecular weight excluding hydrogens is 346 g/mol. The Balaban J connectivity index is 2.18. The minimum Gasteiger partial charge on any atom is -0.481 e. The van der Waals surface area contributed by atoms with Crippen LogP contribution in [-0.4, -0.2) is 54.2 Å². The van der Waals surface area contributed by atoms with Crippen molar-refractivity contribution in [3.05, 3.63) is 24.3 Å². The van der Waals surface area contributed by atoms with E-state index in [9.17, 15) is 23.4 Å². The number of aliphatic carboxylic acids is 1. The molecule has 0 saturated carbocycles. The molecule has 1 heterocycles. The molecular formula is C17H21NO6S. The predicted octanol–water partition coefficient (Wildman–Crippen LogP) is 1.08. The van der Waals surface area contributed by atoms with E-state index in [0.29, 0.717) is 5.75 Å². The molecule has 1 aromatic rings. The van der Waals surface area contributed by atoms with Crippen LogP contribution in [0, 0.1) is 11.8 Å². The monoisotopic (exact) mass is 367 g/mol. The molecule has 0 radical (unpaired) electrons. The van der Waals surface area contributed by atoms with Crippen molar-refractivity contribution in [1.82, 2.24) is 4.31 Å². The van der Waals surface area contributed by atoms with Gasteiger partial charge in [-0.1, -0.05) is 12.8 Å². The van der Waals surface area contributed by atoms with E-state index >= 15 is 0 Å². The molecule has 2 atom stereocenters. The first-order valence-corrected chi connectivity index (χ1v) is 9.41. The van der Waals surface area contributed by atoms with Crippen LogP contribution in [0.3, 0.4) is 0 Å². The fraction of sp³-hybridized carbons (Fsp3) is 0.471. The summed E-state index contributed by atoms with van der Waals surface area (Å²) in [6, 6.07) is 4.54. The van der Waals surface area contributed by atoms with Crippen molar-refractivity contribution in [3.63, 3.8) is 0 Å². The number of ether oxygens (including phenoxy) is 1. The molecule has 1 aliphatic heterocycles. The van der Waals surface area contributed by atoms with E-state index in [2.05, 4.69) is 11.8 Å². The minimum atomic E-state index is -4.03. The van der Waals surface area contributed by atoms with Crippen molar-refractivity contribution in [2.45, 2.75) is 43.2 Å². The van der Waals surface area contributed by atoms with Crippen LogP contribution < -0.4 is 4.74 Å². The molecule has 1 aliphatic rings. The summed E-state index contributed by atoms with van der Waals surface area (Å²) >= 11 is 0. The van der Waals surface area contributed by atoms with Gasteiger partial charge in [0.1, 0.15) is 18.4 Å². The van der Waals surface area contributed by atoms with Crippen molar-refractivity contribution in [3.8, 4) is 17.6 Å². The number of nitrogens with zero attached hydrogens (tertiary/aromatic N) is 1. The molecule has 2 N–H and O–H groups in total. The van der Waals surface area contributed by atoms with Gasteiger partial charge in [0.25, 0.3) is 0 Å². The van der Waals surface area contributed by atoms with Crippen molar-refractivity contribution in [2.24, 2.45) is 0 Å². The minimum absolute atomic E-state index is 0.0418. The number of aliphatic hydroxyl groups excluding tert-OH is 1. The Hall–Kier alpha value is -2.08. The van der Waals surface area contributed by atoms with Crippen LogP contribution in [0.25, 0.3) is 0 Å². The van der Waals surface area contributed by atoms with Crippen LogP contribution in [0.15, 0.2) is 29.2 Å². The van der Waals surface area contributed by atoms with Gasteiger partial charge in [0.15, 0.2) is 0 Å². The lowest BCUT2D eigenvalue weighted by Gasteiger charge is -2.34. The normalized spacial score (nSPS) is 21.2. The fourth-order valence-corrected chi connectivity index (χ4v) is 4.22. The molecule has 8 heteroatoms. The van der Waals surface area contributed by atoms with Gasteiger partial charge in [-0.05, 0) is 37.1 Å². The Morgan fingerprint density at radius 2 is 1.96 bits per heavy atom. The van der Waals surface area contributed by atoms with Crippen molar-refractivity contribution >= 4 is 16.0 Å². The van der Waals surface area contributed by atoms with Gasteiger partial charge < -0.3 is 14.9 Å². The lowest BCUT2D eigenvalue weighted by atomic mass is 10.0. The zero-order chi connectivity index (χ0) is 18.4. The van der Waals surface area contributed by atoms with Gasteiger partial charge in [0.05, 0.1) is 11.0 Å². The number of β-amino-alcohol motifs (C(OH)–C–C–N with tert-alkyl or cyclic N) is 1. The molecule has 0 amide bonds. The van der Waals surface area contributed by atoms with Gasteiger partial charge >= 0.3 is 5.97 Å². The van der Waals surface area contributed by atoms with E-state index in [1.54, 1.807) is 0 Å². The predicted molar refractivity (Wildman–Crippen MR) is 90.6 cm³/mol. The van der Waals surface area contributed by atoms with Crippen LogP contribution in [0.2, 0.25) is 0 Å². The maximum absolute atomic E-state index is 12.7. The molecule has 0 aliphatic carbocycles. The van der Waals surface area contributed by atoms with E-state index < -0.39 is 28.1 Å². The summed E-state index contributed by atoms with van der Waals surface area (Å²) in [5.74, 6) is 4.92. The number of benzene rings is 1. The molecule has 0 aromatic heterocycles. The number of piperidine rings is 1. The molecule has 2 unspecified atom stereocenters. The van der Waals surface area contributed by atoms with E-state index in [1.165, 1.54) is 24.3 Å². The smallest absolute Gasteiger partial charge is 0.322 e. The zero-order valence-corrected chi connectivity index (χ0v) is 14.7. The fourth-order valence-electron chi connectivity index (χ4n) is 2.57. The molecule has 1 aromatic carbocycles. The first-order chi connectivity index (χ1) is 11.9. The lowest BCUT2D eigenvalue weighted by Crippen LogP contribution is -2.51. The third-order valence-electron chi connectivity index (χ3n) is 3.84. The number of rotatable bonds is 5. The summed E-state index contributed by atoms with van der Waals surface area (Å²) in [6.45, 7) is 1.90. The molecule has 1 fully saturated rings. The summed E-state index contributed by atoms with van der Waals surface area (Å²) < 4.78 is 31.7. The highest BCUT2D eigenvalue weighted by Crippen LogP contribution is 2.27. The van der Waals surface area contributed by atoms with Gasteiger partial charge in [-0.15, -0.1) is 5.92 Å². The maximum atomic E-state index is 12.7. The van der Waals surface area contributed by atoms with E-state index in [-0.39, 0.29) is 30.9 Å². The highest BCUT2D eigenvalue weighted by Gasteiger charge is 2.40. The van der Waals surface area contributed by atoms with Crippen LogP contribution in [0.1, 0.15) is 26.2 Å². The Kier molecular flexibility index (Phi) is 6.42. The number of hydrogen-bond acceptors (Lipinski definition) is 5. The quantitative estimate of drug-likeness (QED) is 0.755. The highest BCUT2D eigenvalue weighted by molar-refractivity contribution is 7.89. The van der Waals surface area contributed by atoms with Crippen LogP contribution in [0.4, 0.5) is 0 Å². The number of sulfonamides is 1. The molecule has 25 heavy (non-hydrogen) atoms. The highest BCUT2D eigenvalue weighted by atomic mass is 32.2. The number of carbonyl (C=O) groups is 1. The van der Waals surface area contributed by atoms with Gasteiger partial charge in [-0.25, -0.2) is 8.42 Å². The van der Waals surface area contributed by atoms with Crippen LogP contribution >= 0.6 is 0 Å². The molecule has 0 bridgehead atoms. The average Bonchev–Trinajstić information content (AvgIpc) is 2.59. The Bertz CT molecular complexity index is 763. The van der Waals surface area contributed by atoms with Gasteiger partial charge in [0, 0.05) is 13.0 Å². The second-order valence-corrected chi connectivity index (χ2v) is 7.52. The van der Waals surface area contributed by atoms with Gasteiger partial charge in [-0.3, -0.25) is 4.79 Å². The average molecular weight is 367 g/mol. The summed E-state index contributed by atoms with van der Waals surface area (Å²) in [6.07, 6.45) is 0.194. The summed E-state index contributed by atoms with van der Waals surface area (Å²) in [5, 5.41) is 19.0. The summed E-state index contributed by atoms with van der Waals surface area (Å²) in [5.41, 5.74) is 0. The molecule has 2 rings (SSSR count). The van der Waals surface area contributed by atoms with E-state index in [1.807, 2.05) is 6.92 Å².